The molecule has 5 rings (SSSR count). The van der Waals surface area contributed by atoms with Gasteiger partial charge in [-0.15, -0.1) is 0 Å². The third-order valence-corrected chi connectivity index (χ3v) is 8.07. The van der Waals surface area contributed by atoms with E-state index in [9.17, 15) is 9.90 Å². The standard InChI is InChI=1S/C27H34N2O3/c1-32-27-13-12-23(28-25(31)21-6-3-2-4-7-21)17-26(27,22-8-5-9-24(30)16-22)14-15-29(19-27)18-20-10-11-20/h2-9,16,20,23,30H,10-15,17-19H2,1H3,(H,28,31)/t23-,26?,27?/m1/s1. The number of fused-ring (bicyclic) bond motifs is 1. The van der Waals surface area contributed by atoms with E-state index < -0.39 is 0 Å². The minimum absolute atomic E-state index is 0.0160. The Labute approximate surface area is 190 Å². The molecule has 0 bridgehead atoms. The van der Waals surface area contributed by atoms with Crippen LogP contribution in [0.25, 0.3) is 0 Å². The van der Waals surface area contributed by atoms with Gasteiger partial charge in [0.2, 0.25) is 0 Å². The fourth-order valence-electron chi connectivity index (χ4n) is 6.20. The second-order valence-corrected chi connectivity index (χ2v) is 10.0. The molecule has 3 aliphatic rings. The van der Waals surface area contributed by atoms with Crippen LogP contribution in [0.1, 0.15) is 54.4 Å². The van der Waals surface area contributed by atoms with Gasteiger partial charge in [-0.3, -0.25) is 4.79 Å². The highest BCUT2D eigenvalue weighted by molar-refractivity contribution is 5.94. The van der Waals surface area contributed by atoms with Crippen molar-refractivity contribution in [3.05, 3.63) is 65.7 Å². The summed E-state index contributed by atoms with van der Waals surface area (Å²) in [5.41, 5.74) is 1.26. The van der Waals surface area contributed by atoms with E-state index in [1.807, 2.05) is 49.6 Å². The van der Waals surface area contributed by atoms with Crippen LogP contribution in [0.15, 0.2) is 54.6 Å². The smallest absolute Gasteiger partial charge is 0.251 e. The number of likely N-dealkylation sites (tertiary alicyclic amines) is 1. The molecule has 5 heteroatoms. The number of nitrogens with zero attached hydrogens (tertiary/aromatic N) is 1. The number of ether oxygens (including phenoxy) is 1. The molecule has 1 amide bonds. The molecular formula is C27H34N2O3. The van der Waals surface area contributed by atoms with Crippen LogP contribution in [0, 0.1) is 5.92 Å². The van der Waals surface area contributed by atoms with E-state index in [1.165, 1.54) is 12.8 Å². The molecule has 5 nitrogen and oxygen atoms in total. The van der Waals surface area contributed by atoms with Gasteiger partial charge in [-0.25, -0.2) is 0 Å². The Morgan fingerprint density at radius 3 is 2.66 bits per heavy atom. The summed E-state index contributed by atoms with van der Waals surface area (Å²) in [7, 11) is 1.85. The molecule has 2 aliphatic carbocycles. The molecule has 0 spiro atoms. The maximum absolute atomic E-state index is 12.9. The molecule has 3 fully saturated rings. The lowest BCUT2D eigenvalue weighted by molar-refractivity contribution is -0.148. The summed E-state index contributed by atoms with van der Waals surface area (Å²) in [5.74, 6) is 1.12. The molecule has 2 saturated carbocycles. The summed E-state index contributed by atoms with van der Waals surface area (Å²) in [6.45, 7) is 3.10. The highest BCUT2D eigenvalue weighted by atomic mass is 16.5. The Balaban J connectivity index is 1.45. The van der Waals surface area contributed by atoms with Gasteiger partial charge in [0.25, 0.3) is 5.91 Å². The summed E-state index contributed by atoms with van der Waals surface area (Å²) in [6.07, 6.45) is 6.27. The monoisotopic (exact) mass is 434 g/mol. The third kappa shape index (κ3) is 3.93. The molecule has 2 unspecified atom stereocenters. The van der Waals surface area contributed by atoms with Crippen LogP contribution in [0.3, 0.4) is 0 Å². The number of rotatable bonds is 6. The zero-order valence-electron chi connectivity index (χ0n) is 18.9. The van der Waals surface area contributed by atoms with Crippen LogP contribution in [0.4, 0.5) is 0 Å². The quantitative estimate of drug-likeness (QED) is 0.718. The second-order valence-electron chi connectivity index (χ2n) is 10.0. The van der Waals surface area contributed by atoms with Crippen LogP contribution in [-0.4, -0.2) is 54.3 Å². The molecule has 2 aromatic carbocycles. The zero-order valence-corrected chi connectivity index (χ0v) is 18.9. The van der Waals surface area contributed by atoms with Gasteiger partial charge in [-0.1, -0.05) is 30.3 Å². The number of hydrogen-bond donors (Lipinski definition) is 2. The van der Waals surface area contributed by atoms with Gasteiger partial charge in [-0.2, -0.15) is 0 Å². The van der Waals surface area contributed by atoms with Crippen LogP contribution >= 0.6 is 0 Å². The van der Waals surface area contributed by atoms with Crippen molar-refractivity contribution in [3.63, 3.8) is 0 Å². The molecular weight excluding hydrogens is 400 g/mol. The van der Waals surface area contributed by atoms with E-state index in [2.05, 4.69) is 16.3 Å². The van der Waals surface area contributed by atoms with Gasteiger partial charge in [-0.05, 0) is 80.8 Å². The van der Waals surface area contributed by atoms with Gasteiger partial charge in [0.1, 0.15) is 5.75 Å². The predicted octanol–water partition coefficient (Wildman–Crippen LogP) is 4.11. The summed E-state index contributed by atoms with van der Waals surface area (Å²) >= 11 is 0. The molecule has 2 N–H and O–H groups in total. The number of hydrogen-bond acceptors (Lipinski definition) is 4. The van der Waals surface area contributed by atoms with Crippen molar-refractivity contribution in [2.45, 2.75) is 55.6 Å². The summed E-state index contributed by atoms with van der Waals surface area (Å²) < 4.78 is 6.41. The Hall–Kier alpha value is -2.37. The van der Waals surface area contributed by atoms with Gasteiger partial charge < -0.3 is 20.1 Å². The molecule has 1 saturated heterocycles. The predicted molar refractivity (Wildman–Crippen MR) is 125 cm³/mol. The van der Waals surface area contributed by atoms with E-state index in [4.69, 9.17) is 4.74 Å². The van der Waals surface area contributed by atoms with Crippen molar-refractivity contribution in [1.29, 1.82) is 0 Å². The molecule has 170 valence electrons. The number of nitrogens with one attached hydrogen (secondary N) is 1. The molecule has 0 aromatic heterocycles. The summed E-state index contributed by atoms with van der Waals surface area (Å²) in [4.78, 5) is 15.5. The first-order chi connectivity index (χ1) is 15.5. The number of carbonyl (C=O) groups excluding carboxylic acids is 1. The number of phenols is 1. The van der Waals surface area contributed by atoms with Gasteiger partial charge >= 0.3 is 0 Å². The van der Waals surface area contributed by atoms with Gasteiger partial charge in [0.05, 0.1) is 5.60 Å². The van der Waals surface area contributed by atoms with E-state index in [-0.39, 0.29) is 28.7 Å². The van der Waals surface area contributed by atoms with Gasteiger partial charge in [0, 0.05) is 37.2 Å². The molecule has 32 heavy (non-hydrogen) atoms. The van der Waals surface area contributed by atoms with Crippen molar-refractivity contribution < 1.29 is 14.6 Å². The minimum Gasteiger partial charge on any atom is -0.508 e. The largest absolute Gasteiger partial charge is 0.508 e. The summed E-state index contributed by atoms with van der Waals surface area (Å²) in [5, 5.41) is 13.6. The van der Waals surface area contributed by atoms with Crippen molar-refractivity contribution in [3.8, 4) is 5.75 Å². The number of benzene rings is 2. The lowest BCUT2D eigenvalue weighted by atomic mass is 9.55. The van der Waals surface area contributed by atoms with Crippen molar-refractivity contribution >= 4 is 5.91 Å². The maximum atomic E-state index is 12.9. The summed E-state index contributed by atoms with van der Waals surface area (Å²) in [6, 6.07) is 17.2. The van der Waals surface area contributed by atoms with Crippen molar-refractivity contribution in [1.82, 2.24) is 10.2 Å². The first-order valence-electron chi connectivity index (χ1n) is 12.0. The minimum atomic E-state index is -0.318. The first-order valence-corrected chi connectivity index (χ1v) is 12.0. The number of carbonyl (C=O) groups is 1. The van der Waals surface area contributed by atoms with E-state index >= 15 is 0 Å². The SMILES string of the molecule is COC12CC[C@@H](NC(=O)c3ccccc3)CC1(c1cccc(O)c1)CCN(CC1CC1)C2. The highest BCUT2D eigenvalue weighted by Gasteiger charge is 2.59. The average Bonchev–Trinajstić information content (AvgIpc) is 3.63. The molecule has 3 atom stereocenters. The molecule has 1 aliphatic heterocycles. The van der Waals surface area contributed by atoms with Crippen LogP contribution in [0.5, 0.6) is 5.75 Å². The Bertz CT molecular complexity index is 960. The van der Waals surface area contributed by atoms with Crippen LogP contribution in [-0.2, 0) is 10.2 Å². The molecule has 1 heterocycles. The average molecular weight is 435 g/mol. The Kier molecular flexibility index (Phi) is 5.72. The zero-order chi connectivity index (χ0) is 22.2. The van der Waals surface area contributed by atoms with Crippen LogP contribution in [0.2, 0.25) is 0 Å². The maximum Gasteiger partial charge on any atom is 0.251 e. The fourth-order valence-corrected chi connectivity index (χ4v) is 6.20. The fraction of sp³-hybridized carbons (Fsp3) is 0.519. The topological polar surface area (TPSA) is 61.8 Å². The van der Waals surface area contributed by atoms with Gasteiger partial charge in [0.15, 0.2) is 0 Å². The molecule has 0 radical (unpaired) electrons. The molecule has 2 aromatic rings. The number of amides is 1. The first kappa shape index (κ1) is 21.5. The van der Waals surface area contributed by atoms with E-state index in [1.54, 1.807) is 6.07 Å². The third-order valence-electron chi connectivity index (χ3n) is 8.07. The second kappa shape index (κ2) is 8.53. The number of piperidine rings is 1. The normalized spacial score (nSPS) is 30.5. The number of methoxy groups -OCH3 is 1. The van der Waals surface area contributed by atoms with Crippen molar-refractivity contribution in [2.75, 3.05) is 26.7 Å². The highest BCUT2D eigenvalue weighted by Crippen LogP contribution is 2.54. The Morgan fingerprint density at radius 1 is 1.12 bits per heavy atom. The van der Waals surface area contributed by atoms with E-state index in [0.717, 1.165) is 56.8 Å². The Morgan fingerprint density at radius 2 is 1.94 bits per heavy atom. The lowest BCUT2D eigenvalue weighted by Gasteiger charge is -2.60. The lowest BCUT2D eigenvalue weighted by Crippen LogP contribution is -2.68. The van der Waals surface area contributed by atoms with E-state index in [0.29, 0.717) is 5.56 Å². The van der Waals surface area contributed by atoms with Crippen molar-refractivity contribution in [2.24, 2.45) is 5.92 Å². The van der Waals surface area contributed by atoms with Crippen LogP contribution < -0.4 is 5.32 Å². The number of aromatic hydroxyl groups is 1. The number of phenolic OH excluding ortho intramolecular Hbond substituents is 1.